The molecule has 0 fully saturated rings. The van der Waals surface area contributed by atoms with E-state index in [1.807, 2.05) is 6.07 Å². The minimum Gasteiger partial charge on any atom is -0.465 e. The van der Waals surface area contributed by atoms with Crippen molar-refractivity contribution < 1.29 is 14.3 Å². The van der Waals surface area contributed by atoms with Crippen LogP contribution in [-0.4, -0.2) is 24.1 Å². The topological polar surface area (TPSA) is 67.4 Å². The molecule has 1 heterocycles. The maximum absolute atomic E-state index is 12.2. The zero-order valence-electron chi connectivity index (χ0n) is 13.8. The molecule has 1 aromatic carbocycles. The molecule has 130 valence electrons. The first-order chi connectivity index (χ1) is 12.1. The van der Waals surface area contributed by atoms with Crippen LogP contribution in [0, 0.1) is 0 Å². The number of anilines is 1. The Kier molecular flexibility index (Phi) is 5.45. The molecule has 1 aliphatic rings. The summed E-state index contributed by atoms with van der Waals surface area (Å²) in [7, 11) is 1.37. The van der Waals surface area contributed by atoms with Crippen molar-refractivity contribution in [2.75, 3.05) is 12.4 Å². The quantitative estimate of drug-likeness (QED) is 0.635. The number of aryl methyl sites for hydroxylation is 1. The molecule has 0 radical (unpaired) electrons. The Labute approximate surface area is 155 Å². The van der Waals surface area contributed by atoms with Crippen LogP contribution in [0.1, 0.15) is 44.0 Å². The van der Waals surface area contributed by atoms with Crippen LogP contribution in [0.4, 0.5) is 5.00 Å². The Bertz CT molecular complexity index is 815. The molecule has 1 amide bonds. The van der Waals surface area contributed by atoms with E-state index in [2.05, 4.69) is 10.6 Å². The van der Waals surface area contributed by atoms with Crippen LogP contribution in [0.2, 0.25) is 0 Å². The number of fused-ring (bicyclic) bond motifs is 1. The van der Waals surface area contributed by atoms with Crippen LogP contribution in [0.5, 0.6) is 0 Å². The molecule has 1 aromatic heterocycles. The molecular formula is C18H18N2O3S2. The zero-order chi connectivity index (χ0) is 17.8. The van der Waals surface area contributed by atoms with Gasteiger partial charge in [0.05, 0.1) is 12.7 Å². The molecular weight excluding hydrogens is 356 g/mol. The molecule has 5 nitrogen and oxygen atoms in total. The van der Waals surface area contributed by atoms with E-state index in [0.29, 0.717) is 16.1 Å². The summed E-state index contributed by atoms with van der Waals surface area (Å²) in [6.07, 6.45) is 3.99. The van der Waals surface area contributed by atoms with Gasteiger partial charge in [-0.1, -0.05) is 18.2 Å². The second kappa shape index (κ2) is 7.76. The van der Waals surface area contributed by atoms with Gasteiger partial charge >= 0.3 is 5.97 Å². The monoisotopic (exact) mass is 374 g/mol. The van der Waals surface area contributed by atoms with Crippen LogP contribution in [0.15, 0.2) is 30.3 Å². The molecule has 3 rings (SSSR count). The molecule has 7 heteroatoms. The van der Waals surface area contributed by atoms with Crippen molar-refractivity contribution >= 4 is 45.5 Å². The average molecular weight is 374 g/mol. The fourth-order valence-corrected chi connectivity index (χ4v) is 4.41. The van der Waals surface area contributed by atoms with E-state index in [1.165, 1.54) is 23.3 Å². The fourth-order valence-electron chi connectivity index (χ4n) is 2.87. The lowest BCUT2D eigenvalue weighted by atomic mass is 9.95. The molecule has 0 saturated heterocycles. The van der Waals surface area contributed by atoms with E-state index in [9.17, 15) is 9.59 Å². The number of carbonyl (C=O) groups is 2. The van der Waals surface area contributed by atoms with E-state index in [-0.39, 0.29) is 17.0 Å². The molecule has 25 heavy (non-hydrogen) atoms. The molecule has 0 bridgehead atoms. The van der Waals surface area contributed by atoms with Gasteiger partial charge in [-0.15, -0.1) is 11.3 Å². The number of ether oxygens (including phenoxy) is 1. The van der Waals surface area contributed by atoms with Crippen molar-refractivity contribution in [3.05, 3.63) is 51.9 Å². The van der Waals surface area contributed by atoms with Gasteiger partial charge in [-0.3, -0.25) is 10.1 Å². The Morgan fingerprint density at radius 1 is 1.16 bits per heavy atom. The number of carbonyl (C=O) groups excluding carboxylic acids is 2. The van der Waals surface area contributed by atoms with Crippen LogP contribution in [0.3, 0.4) is 0 Å². The largest absolute Gasteiger partial charge is 0.465 e. The number of thiophene rings is 1. The van der Waals surface area contributed by atoms with Crippen LogP contribution in [-0.2, 0) is 17.6 Å². The van der Waals surface area contributed by atoms with Crippen molar-refractivity contribution in [3.8, 4) is 0 Å². The first-order valence-electron chi connectivity index (χ1n) is 8.00. The van der Waals surface area contributed by atoms with E-state index in [4.69, 9.17) is 17.0 Å². The average Bonchev–Trinajstić information content (AvgIpc) is 2.99. The van der Waals surface area contributed by atoms with Gasteiger partial charge in [0, 0.05) is 10.4 Å². The second-order valence-electron chi connectivity index (χ2n) is 5.68. The van der Waals surface area contributed by atoms with Crippen molar-refractivity contribution in [3.63, 3.8) is 0 Å². The fraction of sp³-hybridized carbons (Fsp3) is 0.278. The van der Waals surface area contributed by atoms with Gasteiger partial charge in [0.25, 0.3) is 5.91 Å². The molecule has 0 unspecified atom stereocenters. The highest BCUT2D eigenvalue weighted by Crippen LogP contribution is 2.38. The van der Waals surface area contributed by atoms with Crippen molar-refractivity contribution in [1.82, 2.24) is 5.32 Å². The minimum atomic E-state index is -0.376. The van der Waals surface area contributed by atoms with Crippen molar-refractivity contribution in [2.45, 2.75) is 25.7 Å². The lowest BCUT2D eigenvalue weighted by Gasteiger charge is -2.12. The molecule has 0 aliphatic heterocycles. The number of benzene rings is 1. The number of thiocarbonyl (C=S) groups is 1. The highest BCUT2D eigenvalue weighted by molar-refractivity contribution is 7.80. The standard InChI is InChI=1S/C18H18N2O3S2/c1-23-17(22)14-12-9-5-6-10-13(12)25-16(14)20-18(24)19-15(21)11-7-3-2-4-8-11/h2-4,7-8H,5-6,9-10H2,1H3,(H2,19,20,21,24). The Morgan fingerprint density at radius 2 is 1.88 bits per heavy atom. The summed E-state index contributed by atoms with van der Waals surface area (Å²) < 4.78 is 4.93. The van der Waals surface area contributed by atoms with Crippen LogP contribution >= 0.6 is 23.6 Å². The third-order valence-electron chi connectivity index (χ3n) is 4.05. The number of esters is 1. The number of nitrogens with one attached hydrogen (secondary N) is 2. The zero-order valence-corrected chi connectivity index (χ0v) is 15.4. The van der Waals surface area contributed by atoms with Gasteiger partial charge < -0.3 is 10.1 Å². The van der Waals surface area contributed by atoms with Gasteiger partial charge in [-0.25, -0.2) is 4.79 Å². The summed E-state index contributed by atoms with van der Waals surface area (Å²) in [4.78, 5) is 25.6. The van der Waals surface area contributed by atoms with Gasteiger partial charge in [0.1, 0.15) is 5.00 Å². The maximum atomic E-state index is 12.2. The molecule has 0 saturated carbocycles. The highest BCUT2D eigenvalue weighted by atomic mass is 32.1. The smallest absolute Gasteiger partial charge is 0.341 e. The van der Waals surface area contributed by atoms with E-state index >= 15 is 0 Å². The molecule has 2 aromatic rings. The first kappa shape index (κ1) is 17.6. The lowest BCUT2D eigenvalue weighted by molar-refractivity contribution is 0.0601. The lowest BCUT2D eigenvalue weighted by Crippen LogP contribution is -2.34. The predicted molar refractivity (Wildman–Crippen MR) is 102 cm³/mol. The molecule has 2 N–H and O–H groups in total. The first-order valence-corrected chi connectivity index (χ1v) is 9.23. The minimum absolute atomic E-state index is 0.164. The van der Waals surface area contributed by atoms with Gasteiger partial charge in [0.15, 0.2) is 5.11 Å². The normalized spacial score (nSPS) is 12.8. The van der Waals surface area contributed by atoms with Gasteiger partial charge in [-0.2, -0.15) is 0 Å². The summed E-state index contributed by atoms with van der Waals surface area (Å²) in [6, 6.07) is 8.83. The van der Waals surface area contributed by atoms with Crippen molar-refractivity contribution in [2.24, 2.45) is 0 Å². The van der Waals surface area contributed by atoms with E-state index in [0.717, 1.165) is 31.2 Å². The van der Waals surface area contributed by atoms with E-state index in [1.54, 1.807) is 24.3 Å². The number of methoxy groups -OCH3 is 1. The second-order valence-corrected chi connectivity index (χ2v) is 7.19. The van der Waals surface area contributed by atoms with Gasteiger partial charge in [-0.05, 0) is 55.6 Å². The summed E-state index contributed by atoms with van der Waals surface area (Å²) in [5.41, 5.74) is 2.10. The third-order valence-corrected chi connectivity index (χ3v) is 5.46. The van der Waals surface area contributed by atoms with Crippen molar-refractivity contribution in [1.29, 1.82) is 0 Å². The molecule has 0 atom stereocenters. The third kappa shape index (κ3) is 3.88. The predicted octanol–water partition coefficient (Wildman–Crippen LogP) is 3.54. The Balaban J connectivity index is 1.78. The maximum Gasteiger partial charge on any atom is 0.341 e. The molecule has 0 spiro atoms. The van der Waals surface area contributed by atoms with Gasteiger partial charge in [0.2, 0.25) is 0 Å². The van der Waals surface area contributed by atoms with Crippen LogP contribution < -0.4 is 10.6 Å². The summed E-state index contributed by atoms with van der Waals surface area (Å²) in [5.74, 6) is -0.668. The Morgan fingerprint density at radius 3 is 2.60 bits per heavy atom. The number of amides is 1. The summed E-state index contributed by atoms with van der Waals surface area (Å²) >= 11 is 6.75. The van der Waals surface area contributed by atoms with E-state index < -0.39 is 0 Å². The SMILES string of the molecule is COC(=O)c1c(NC(=S)NC(=O)c2ccccc2)sc2c1CCCC2. The number of rotatable bonds is 3. The molecule has 1 aliphatic carbocycles. The Hall–Kier alpha value is -2.25. The van der Waals surface area contributed by atoms with Crippen LogP contribution in [0.25, 0.3) is 0 Å². The summed E-state index contributed by atoms with van der Waals surface area (Å²) in [5, 5.41) is 6.45. The number of hydrogen-bond acceptors (Lipinski definition) is 5. The highest BCUT2D eigenvalue weighted by Gasteiger charge is 2.26. The summed E-state index contributed by atoms with van der Waals surface area (Å²) in [6.45, 7) is 0. The number of hydrogen-bond donors (Lipinski definition) is 2.